The van der Waals surface area contributed by atoms with Gasteiger partial charge in [-0.2, -0.15) is 5.10 Å². The van der Waals surface area contributed by atoms with E-state index in [2.05, 4.69) is 5.10 Å². The largest absolute Gasteiger partial charge is 0.496 e. The van der Waals surface area contributed by atoms with E-state index < -0.39 is 6.67 Å². The summed E-state index contributed by atoms with van der Waals surface area (Å²) >= 11 is 0. The van der Waals surface area contributed by atoms with Crippen molar-refractivity contribution in [3.63, 3.8) is 0 Å². The minimum absolute atomic E-state index is 0.508. The van der Waals surface area contributed by atoms with Gasteiger partial charge in [0.2, 0.25) is 0 Å². The first-order chi connectivity index (χ1) is 8.17. The zero-order valence-corrected chi connectivity index (χ0v) is 9.77. The molecule has 2 rings (SSSR count). The number of methoxy groups -OCH3 is 1. The van der Waals surface area contributed by atoms with Gasteiger partial charge < -0.3 is 10.5 Å². The second kappa shape index (κ2) is 4.45. The van der Waals surface area contributed by atoms with Gasteiger partial charge in [-0.25, -0.2) is 4.39 Å². The average molecular weight is 235 g/mol. The highest BCUT2D eigenvalue weighted by Gasteiger charge is 2.10. The summed E-state index contributed by atoms with van der Waals surface area (Å²) in [5.41, 5.74) is 8.01. The maximum atomic E-state index is 12.8. The lowest BCUT2D eigenvalue weighted by atomic mass is 10.1. The van der Waals surface area contributed by atoms with Gasteiger partial charge in [-0.3, -0.25) is 4.68 Å². The molecule has 2 N–H and O–H groups in total. The molecule has 0 aliphatic carbocycles. The Hall–Kier alpha value is -2.04. The Morgan fingerprint density at radius 1 is 1.47 bits per heavy atom. The van der Waals surface area contributed by atoms with E-state index in [0.717, 1.165) is 11.1 Å². The highest BCUT2D eigenvalue weighted by molar-refractivity contribution is 5.74. The van der Waals surface area contributed by atoms with E-state index >= 15 is 0 Å². The van der Waals surface area contributed by atoms with Crippen molar-refractivity contribution < 1.29 is 9.13 Å². The molecular formula is C12H14FN3O. The average Bonchev–Trinajstić information content (AvgIpc) is 2.69. The van der Waals surface area contributed by atoms with Gasteiger partial charge in [0, 0.05) is 18.2 Å². The maximum absolute atomic E-state index is 12.8. The normalized spacial score (nSPS) is 10.5. The number of anilines is 1. The zero-order valence-electron chi connectivity index (χ0n) is 9.77. The molecule has 0 spiro atoms. The van der Waals surface area contributed by atoms with Crippen LogP contribution >= 0.6 is 0 Å². The summed E-state index contributed by atoms with van der Waals surface area (Å²) in [5, 5.41) is 4.06. The van der Waals surface area contributed by atoms with Crippen molar-refractivity contribution in [3.8, 4) is 16.9 Å². The van der Waals surface area contributed by atoms with Crippen LogP contribution in [0.15, 0.2) is 24.4 Å². The van der Waals surface area contributed by atoms with Gasteiger partial charge in [-0.05, 0) is 17.7 Å². The van der Waals surface area contributed by atoms with Crippen molar-refractivity contribution in [1.82, 2.24) is 9.78 Å². The Bertz CT molecular complexity index is 537. The zero-order chi connectivity index (χ0) is 12.4. The van der Waals surface area contributed by atoms with E-state index in [0.29, 0.717) is 17.1 Å². The second-order valence-electron chi connectivity index (χ2n) is 3.73. The SMILES string of the molecule is COc1ccc(-c2cnn(C)c2N)cc1CF. The molecule has 0 aliphatic rings. The van der Waals surface area contributed by atoms with Crippen molar-refractivity contribution in [2.24, 2.45) is 7.05 Å². The van der Waals surface area contributed by atoms with Crippen LogP contribution in [0.25, 0.3) is 11.1 Å². The van der Waals surface area contributed by atoms with Crippen LogP contribution in [-0.4, -0.2) is 16.9 Å². The van der Waals surface area contributed by atoms with E-state index in [4.69, 9.17) is 10.5 Å². The van der Waals surface area contributed by atoms with E-state index in [1.165, 1.54) is 7.11 Å². The first-order valence-corrected chi connectivity index (χ1v) is 5.18. The maximum Gasteiger partial charge on any atom is 0.129 e. The highest BCUT2D eigenvalue weighted by atomic mass is 19.1. The van der Waals surface area contributed by atoms with Crippen LogP contribution in [0.4, 0.5) is 10.2 Å². The van der Waals surface area contributed by atoms with Gasteiger partial charge in [0.15, 0.2) is 0 Å². The molecule has 1 aromatic carbocycles. The molecule has 17 heavy (non-hydrogen) atoms. The minimum atomic E-state index is -0.572. The van der Waals surface area contributed by atoms with Gasteiger partial charge in [-0.15, -0.1) is 0 Å². The molecule has 0 amide bonds. The second-order valence-corrected chi connectivity index (χ2v) is 3.73. The molecule has 0 saturated carbocycles. The van der Waals surface area contributed by atoms with Crippen molar-refractivity contribution in [2.75, 3.05) is 12.8 Å². The number of aromatic nitrogens is 2. The monoisotopic (exact) mass is 235 g/mol. The summed E-state index contributed by atoms with van der Waals surface area (Å²) in [6, 6.07) is 5.30. The quantitative estimate of drug-likeness (QED) is 0.886. The third-order valence-electron chi connectivity index (χ3n) is 2.72. The summed E-state index contributed by atoms with van der Waals surface area (Å²) in [6.45, 7) is -0.572. The fourth-order valence-electron chi connectivity index (χ4n) is 1.72. The predicted molar refractivity (Wildman–Crippen MR) is 64.4 cm³/mol. The molecule has 0 fully saturated rings. The number of nitrogens with zero attached hydrogens (tertiary/aromatic N) is 2. The van der Waals surface area contributed by atoms with Crippen molar-refractivity contribution in [1.29, 1.82) is 0 Å². The van der Waals surface area contributed by atoms with Crippen molar-refractivity contribution in [3.05, 3.63) is 30.0 Å². The minimum Gasteiger partial charge on any atom is -0.496 e. The molecule has 0 bridgehead atoms. The summed E-state index contributed by atoms with van der Waals surface area (Å²) in [5.74, 6) is 1.10. The van der Waals surface area contributed by atoms with Gasteiger partial charge in [-0.1, -0.05) is 6.07 Å². The molecule has 0 radical (unpaired) electrons. The Morgan fingerprint density at radius 2 is 2.24 bits per heavy atom. The topological polar surface area (TPSA) is 53.1 Å². The number of nitrogens with two attached hydrogens (primary N) is 1. The van der Waals surface area contributed by atoms with Crippen LogP contribution in [0, 0.1) is 0 Å². The number of rotatable bonds is 3. The molecule has 90 valence electrons. The number of aryl methyl sites for hydroxylation is 1. The van der Waals surface area contributed by atoms with Crippen LogP contribution in [0.5, 0.6) is 5.75 Å². The Morgan fingerprint density at radius 3 is 2.76 bits per heavy atom. The fourth-order valence-corrected chi connectivity index (χ4v) is 1.72. The fraction of sp³-hybridized carbons (Fsp3) is 0.250. The van der Waals surface area contributed by atoms with Gasteiger partial charge in [0.25, 0.3) is 0 Å². The number of hydrogen-bond acceptors (Lipinski definition) is 3. The Labute approximate surface area is 98.8 Å². The molecule has 5 heteroatoms. The number of alkyl halides is 1. The van der Waals surface area contributed by atoms with Crippen molar-refractivity contribution in [2.45, 2.75) is 6.67 Å². The van der Waals surface area contributed by atoms with E-state index in [1.807, 2.05) is 6.07 Å². The van der Waals surface area contributed by atoms with E-state index in [1.54, 1.807) is 30.1 Å². The predicted octanol–water partition coefficient (Wildman–Crippen LogP) is 2.15. The van der Waals surface area contributed by atoms with E-state index in [9.17, 15) is 4.39 Å². The summed E-state index contributed by atoms with van der Waals surface area (Å²) in [7, 11) is 3.28. The molecule has 0 saturated heterocycles. The molecule has 0 aliphatic heterocycles. The van der Waals surface area contributed by atoms with E-state index in [-0.39, 0.29) is 0 Å². The molecule has 1 aromatic heterocycles. The highest BCUT2D eigenvalue weighted by Crippen LogP contribution is 2.30. The lowest BCUT2D eigenvalue weighted by Crippen LogP contribution is -1.98. The van der Waals surface area contributed by atoms with Gasteiger partial charge in [0.05, 0.1) is 13.3 Å². The molecule has 0 unspecified atom stereocenters. The lowest BCUT2D eigenvalue weighted by molar-refractivity contribution is 0.394. The lowest BCUT2D eigenvalue weighted by Gasteiger charge is -2.08. The van der Waals surface area contributed by atoms with Crippen LogP contribution in [0.2, 0.25) is 0 Å². The molecule has 0 atom stereocenters. The van der Waals surface area contributed by atoms with Crippen LogP contribution in [0.1, 0.15) is 5.56 Å². The summed E-state index contributed by atoms with van der Waals surface area (Å²) in [4.78, 5) is 0. The molecule has 1 heterocycles. The number of hydrogen-bond donors (Lipinski definition) is 1. The third kappa shape index (κ3) is 1.95. The standard InChI is InChI=1S/C12H14FN3O/c1-16-12(14)10(7-15-16)8-3-4-11(17-2)9(5-8)6-13/h3-5,7H,6,14H2,1-2H3. The molecular weight excluding hydrogens is 221 g/mol. The Balaban J connectivity index is 2.50. The number of benzene rings is 1. The van der Waals surface area contributed by atoms with Gasteiger partial charge in [0.1, 0.15) is 18.2 Å². The van der Waals surface area contributed by atoms with Crippen molar-refractivity contribution >= 4 is 5.82 Å². The van der Waals surface area contributed by atoms with Crippen LogP contribution < -0.4 is 10.5 Å². The number of ether oxygens (including phenoxy) is 1. The first kappa shape index (κ1) is 11.4. The smallest absolute Gasteiger partial charge is 0.129 e. The number of nitrogen functional groups attached to an aromatic ring is 1. The van der Waals surface area contributed by atoms with Crippen LogP contribution in [0.3, 0.4) is 0 Å². The van der Waals surface area contributed by atoms with Crippen LogP contribution in [-0.2, 0) is 13.7 Å². The Kier molecular flexibility index (Phi) is 2.99. The number of halogens is 1. The first-order valence-electron chi connectivity index (χ1n) is 5.18. The molecule has 4 nitrogen and oxygen atoms in total. The summed E-state index contributed by atoms with van der Waals surface area (Å²) in [6.07, 6.45) is 1.67. The summed E-state index contributed by atoms with van der Waals surface area (Å²) < 4.78 is 19.5. The third-order valence-corrected chi connectivity index (χ3v) is 2.72. The molecule has 2 aromatic rings. The van der Waals surface area contributed by atoms with Gasteiger partial charge >= 0.3 is 0 Å².